The van der Waals surface area contributed by atoms with Crippen molar-refractivity contribution in [3.05, 3.63) is 24.0 Å². The molecular weight excluding hydrogens is 180 g/mol. The van der Waals surface area contributed by atoms with Crippen LogP contribution in [-0.2, 0) is 0 Å². The van der Waals surface area contributed by atoms with Crippen molar-refractivity contribution in [2.24, 2.45) is 5.73 Å². The lowest BCUT2D eigenvalue weighted by Crippen LogP contribution is -2.51. The fraction of sp³-hybridized carbons (Fsp3) is 0.500. The average Bonchev–Trinajstić information content (AvgIpc) is 2.14. The smallest absolute Gasteiger partial charge is 0.131 e. The van der Waals surface area contributed by atoms with Crippen molar-refractivity contribution in [1.82, 2.24) is 4.98 Å². The molecule has 4 heteroatoms. The SMILES string of the molecule is CC1(C)Oc2ccncc2[C@@H](N)[C@@H]1O. The molecular formula is C10H14N2O2. The summed E-state index contributed by atoms with van der Waals surface area (Å²) in [6.07, 6.45) is 2.58. The molecule has 0 radical (unpaired) electrons. The van der Waals surface area contributed by atoms with E-state index in [1.165, 1.54) is 0 Å². The summed E-state index contributed by atoms with van der Waals surface area (Å²) in [6.45, 7) is 3.64. The molecule has 2 atom stereocenters. The van der Waals surface area contributed by atoms with E-state index in [2.05, 4.69) is 4.98 Å². The van der Waals surface area contributed by atoms with E-state index in [0.717, 1.165) is 5.56 Å². The molecule has 0 bridgehead atoms. The zero-order chi connectivity index (χ0) is 10.3. The number of nitrogens with zero attached hydrogens (tertiary/aromatic N) is 1. The summed E-state index contributed by atoms with van der Waals surface area (Å²) in [7, 11) is 0. The minimum absolute atomic E-state index is 0.428. The van der Waals surface area contributed by atoms with Crippen molar-refractivity contribution in [2.75, 3.05) is 0 Å². The summed E-state index contributed by atoms with van der Waals surface area (Å²) in [4.78, 5) is 3.96. The van der Waals surface area contributed by atoms with Gasteiger partial charge in [0.25, 0.3) is 0 Å². The Hall–Kier alpha value is -1.13. The summed E-state index contributed by atoms with van der Waals surface area (Å²) in [5, 5.41) is 9.87. The van der Waals surface area contributed by atoms with Gasteiger partial charge in [-0.15, -0.1) is 0 Å². The Balaban J connectivity index is 2.48. The van der Waals surface area contributed by atoms with E-state index in [0.29, 0.717) is 5.75 Å². The maximum Gasteiger partial charge on any atom is 0.131 e. The predicted octanol–water partition coefficient (Wildman–Crippen LogP) is 0.613. The maximum absolute atomic E-state index is 9.87. The Morgan fingerprint density at radius 3 is 3.00 bits per heavy atom. The zero-order valence-corrected chi connectivity index (χ0v) is 8.27. The van der Waals surface area contributed by atoms with E-state index >= 15 is 0 Å². The Morgan fingerprint density at radius 1 is 1.57 bits per heavy atom. The lowest BCUT2D eigenvalue weighted by atomic mass is 9.88. The van der Waals surface area contributed by atoms with Gasteiger partial charge < -0.3 is 15.6 Å². The van der Waals surface area contributed by atoms with Crippen molar-refractivity contribution in [3.63, 3.8) is 0 Å². The third-order valence-electron chi connectivity index (χ3n) is 2.59. The molecule has 0 saturated heterocycles. The van der Waals surface area contributed by atoms with Gasteiger partial charge in [-0.3, -0.25) is 4.98 Å². The molecule has 1 aliphatic rings. The molecule has 0 spiro atoms. The summed E-state index contributed by atoms with van der Waals surface area (Å²) in [6, 6.07) is 1.34. The molecule has 2 rings (SSSR count). The molecule has 0 fully saturated rings. The van der Waals surface area contributed by atoms with Crippen LogP contribution in [0.5, 0.6) is 5.75 Å². The number of nitrogens with two attached hydrogens (primary N) is 1. The van der Waals surface area contributed by atoms with E-state index in [9.17, 15) is 5.11 Å². The summed E-state index contributed by atoms with van der Waals surface area (Å²) >= 11 is 0. The molecule has 1 aromatic heterocycles. The standard InChI is InChI=1S/C10H14N2O2/c1-10(2)9(13)8(11)6-5-12-4-3-7(6)14-10/h3-5,8-9,13H,11H2,1-2H3/t8-,9+/m1/s1. The van der Waals surface area contributed by atoms with Crippen molar-refractivity contribution in [2.45, 2.75) is 31.6 Å². The molecule has 0 amide bonds. The van der Waals surface area contributed by atoms with Crippen molar-refractivity contribution < 1.29 is 9.84 Å². The van der Waals surface area contributed by atoms with Crippen molar-refractivity contribution in [3.8, 4) is 5.75 Å². The van der Waals surface area contributed by atoms with Gasteiger partial charge in [0.1, 0.15) is 17.5 Å². The number of fused-ring (bicyclic) bond motifs is 1. The molecule has 14 heavy (non-hydrogen) atoms. The summed E-state index contributed by atoms with van der Waals surface area (Å²) in [5.74, 6) is 0.711. The zero-order valence-electron chi connectivity index (χ0n) is 8.27. The van der Waals surface area contributed by atoms with Crippen LogP contribution in [-0.4, -0.2) is 21.8 Å². The first-order valence-corrected chi connectivity index (χ1v) is 4.59. The number of aliphatic hydroxyl groups is 1. The fourth-order valence-electron chi connectivity index (χ4n) is 1.68. The van der Waals surface area contributed by atoms with Gasteiger partial charge in [-0.25, -0.2) is 0 Å². The quantitative estimate of drug-likeness (QED) is 0.635. The fourth-order valence-corrected chi connectivity index (χ4v) is 1.68. The van der Waals surface area contributed by atoms with Gasteiger partial charge in [-0.2, -0.15) is 0 Å². The normalized spacial score (nSPS) is 29.1. The number of hydrogen-bond acceptors (Lipinski definition) is 4. The first-order chi connectivity index (χ1) is 6.52. The molecule has 76 valence electrons. The molecule has 0 aliphatic carbocycles. The second-order valence-corrected chi connectivity index (χ2v) is 4.09. The van der Waals surface area contributed by atoms with E-state index in [-0.39, 0.29) is 0 Å². The first-order valence-electron chi connectivity index (χ1n) is 4.59. The van der Waals surface area contributed by atoms with Crippen LogP contribution in [0.4, 0.5) is 0 Å². The monoisotopic (exact) mass is 194 g/mol. The van der Waals surface area contributed by atoms with Crippen LogP contribution >= 0.6 is 0 Å². The number of aromatic nitrogens is 1. The molecule has 0 saturated carbocycles. The Morgan fingerprint density at radius 2 is 2.29 bits per heavy atom. The number of rotatable bonds is 0. The van der Waals surface area contributed by atoms with Gasteiger partial charge in [-0.05, 0) is 19.9 Å². The predicted molar refractivity (Wildman–Crippen MR) is 51.9 cm³/mol. The van der Waals surface area contributed by atoms with Crippen LogP contribution in [0, 0.1) is 0 Å². The highest BCUT2D eigenvalue weighted by Gasteiger charge is 2.41. The Bertz CT molecular complexity index is 352. The second kappa shape index (κ2) is 2.93. The number of pyridine rings is 1. The number of ether oxygens (including phenoxy) is 1. The number of aliphatic hydroxyl groups excluding tert-OH is 1. The van der Waals surface area contributed by atoms with Crippen molar-refractivity contribution >= 4 is 0 Å². The lowest BCUT2D eigenvalue weighted by molar-refractivity contribution is -0.0573. The molecule has 2 heterocycles. The average molecular weight is 194 g/mol. The van der Waals surface area contributed by atoms with Crippen LogP contribution in [0.3, 0.4) is 0 Å². The highest BCUT2D eigenvalue weighted by Crippen LogP contribution is 2.37. The number of hydrogen-bond donors (Lipinski definition) is 2. The van der Waals surface area contributed by atoms with Gasteiger partial charge in [0.15, 0.2) is 0 Å². The molecule has 1 aromatic rings. The molecule has 0 unspecified atom stereocenters. The topological polar surface area (TPSA) is 68.4 Å². The van der Waals surface area contributed by atoms with Crippen molar-refractivity contribution in [1.29, 1.82) is 0 Å². The largest absolute Gasteiger partial charge is 0.485 e. The van der Waals surface area contributed by atoms with Gasteiger partial charge in [-0.1, -0.05) is 0 Å². The maximum atomic E-state index is 9.87. The van der Waals surface area contributed by atoms with Crippen LogP contribution in [0.2, 0.25) is 0 Å². The Kier molecular flexibility index (Phi) is 1.97. The van der Waals surface area contributed by atoms with E-state index in [1.807, 2.05) is 13.8 Å². The minimum atomic E-state index is -0.709. The molecule has 3 N–H and O–H groups in total. The third-order valence-corrected chi connectivity index (χ3v) is 2.59. The lowest BCUT2D eigenvalue weighted by Gasteiger charge is -2.40. The van der Waals surface area contributed by atoms with E-state index in [1.54, 1.807) is 18.5 Å². The third kappa shape index (κ3) is 1.27. The highest BCUT2D eigenvalue weighted by molar-refractivity contribution is 5.37. The van der Waals surface area contributed by atoms with Gasteiger partial charge in [0, 0.05) is 18.0 Å². The molecule has 4 nitrogen and oxygen atoms in total. The first kappa shape index (κ1) is 9.43. The van der Waals surface area contributed by atoms with Gasteiger partial charge in [0.2, 0.25) is 0 Å². The summed E-state index contributed by atoms with van der Waals surface area (Å²) < 4.78 is 5.63. The minimum Gasteiger partial charge on any atom is -0.485 e. The van der Waals surface area contributed by atoms with Crippen LogP contribution < -0.4 is 10.5 Å². The highest BCUT2D eigenvalue weighted by atomic mass is 16.5. The van der Waals surface area contributed by atoms with Crippen LogP contribution in [0.25, 0.3) is 0 Å². The van der Waals surface area contributed by atoms with E-state index < -0.39 is 17.7 Å². The molecule has 1 aliphatic heterocycles. The molecule has 0 aromatic carbocycles. The Labute approximate surface area is 82.7 Å². The van der Waals surface area contributed by atoms with E-state index in [4.69, 9.17) is 10.5 Å². The van der Waals surface area contributed by atoms with Crippen LogP contribution in [0.1, 0.15) is 25.5 Å². The second-order valence-electron chi connectivity index (χ2n) is 4.09. The van der Waals surface area contributed by atoms with Gasteiger partial charge in [0.05, 0.1) is 6.04 Å². The van der Waals surface area contributed by atoms with Crippen LogP contribution in [0.15, 0.2) is 18.5 Å². The summed E-state index contributed by atoms with van der Waals surface area (Å²) in [5.41, 5.74) is 6.01. The van der Waals surface area contributed by atoms with Gasteiger partial charge >= 0.3 is 0 Å².